The third-order valence-electron chi connectivity index (χ3n) is 5.46. The minimum atomic E-state index is -0.682. The van der Waals surface area contributed by atoms with Crippen molar-refractivity contribution in [3.05, 3.63) is 59.1 Å². The van der Waals surface area contributed by atoms with Gasteiger partial charge in [-0.2, -0.15) is 0 Å². The van der Waals surface area contributed by atoms with Crippen LogP contribution >= 0.6 is 0 Å². The number of aromatic nitrogens is 1. The van der Waals surface area contributed by atoms with Gasteiger partial charge in [0.2, 0.25) is 5.88 Å². The molecule has 1 atom stereocenters. The normalized spacial score (nSPS) is 17.6. The van der Waals surface area contributed by atoms with Crippen LogP contribution in [-0.4, -0.2) is 35.9 Å². The van der Waals surface area contributed by atoms with E-state index < -0.39 is 11.9 Å². The smallest absolute Gasteiger partial charge is 0.268 e. The SMILES string of the molecule is CC(C)=CCCOc1ccc(OC2CCN(c3cc(F)c4c(c3)C(=O)CC4)C2=O)cn1. The lowest BCUT2D eigenvalue weighted by atomic mass is 10.1. The number of fused-ring (bicyclic) bond motifs is 1. The maximum Gasteiger partial charge on any atom is 0.268 e. The molecule has 1 amide bonds. The van der Waals surface area contributed by atoms with Gasteiger partial charge < -0.3 is 14.4 Å². The van der Waals surface area contributed by atoms with Crippen molar-refractivity contribution in [2.24, 2.45) is 0 Å². The molecule has 6 nitrogen and oxygen atoms in total. The standard InChI is InChI=1S/C24H25FN2O4/c1-15(2)4-3-11-30-23-8-5-17(14-26-23)31-22-9-10-27(24(22)29)16-12-19-18(20(25)13-16)6-7-21(19)28/h4-5,8,12-14,22H,3,6-7,9-11H2,1-2H3. The van der Waals surface area contributed by atoms with Crippen molar-refractivity contribution in [2.45, 2.75) is 45.6 Å². The molecule has 0 saturated carbocycles. The Morgan fingerprint density at radius 1 is 1.26 bits per heavy atom. The lowest BCUT2D eigenvalue weighted by Gasteiger charge is -2.18. The van der Waals surface area contributed by atoms with E-state index in [1.807, 2.05) is 13.8 Å². The number of carbonyl (C=O) groups is 2. The number of nitrogens with zero attached hydrogens (tertiary/aromatic N) is 2. The van der Waals surface area contributed by atoms with Crippen LogP contribution in [0.3, 0.4) is 0 Å². The summed E-state index contributed by atoms with van der Waals surface area (Å²) in [7, 11) is 0. The minimum absolute atomic E-state index is 0.0792. The Labute approximate surface area is 180 Å². The maximum atomic E-state index is 14.4. The number of allylic oxidation sites excluding steroid dienone is 1. The number of rotatable bonds is 7. The zero-order valence-electron chi connectivity index (χ0n) is 17.7. The van der Waals surface area contributed by atoms with E-state index in [1.54, 1.807) is 18.2 Å². The molecule has 31 heavy (non-hydrogen) atoms. The Bertz CT molecular complexity index is 1030. The molecule has 1 aliphatic carbocycles. The summed E-state index contributed by atoms with van der Waals surface area (Å²) in [6.45, 7) is 5.01. The number of Topliss-reactive ketones (excluding diaryl/α,β-unsaturated/α-hetero) is 1. The highest BCUT2D eigenvalue weighted by Gasteiger charge is 2.36. The van der Waals surface area contributed by atoms with E-state index in [9.17, 15) is 14.0 Å². The van der Waals surface area contributed by atoms with Crippen LogP contribution < -0.4 is 14.4 Å². The summed E-state index contributed by atoms with van der Waals surface area (Å²) in [4.78, 5) is 30.5. The maximum absolute atomic E-state index is 14.4. The van der Waals surface area contributed by atoms with Crippen molar-refractivity contribution in [2.75, 3.05) is 18.1 Å². The second-order valence-electron chi connectivity index (χ2n) is 8.01. The quantitative estimate of drug-likeness (QED) is 0.491. The fourth-order valence-electron chi connectivity index (χ4n) is 3.87. The lowest BCUT2D eigenvalue weighted by Crippen LogP contribution is -2.32. The number of benzene rings is 1. The van der Waals surface area contributed by atoms with E-state index in [0.29, 0.717) is 60.9 Å². The molecule has 4 rings (SSSR count). The molecule has 162 valence electrons. The topological polar surface area (TPSA) is 68.7 Å². The van der Waals surface area contributed by atoms with Crippen molar-refractivity contribution in [1.29, 1.82) is 0 Å². The number of ketones is 1. The molecule has 1 unspecified atom stereocenters. The highest BCUT2D eigenvalue weighted by atomic mass is 19.1. The molecule has 0 bridgehead atoms. The average molecular weight is 424 g/mol. The molecule has 1 saturated heterocycles. The van der Waals surface area contributed by atoms with Crippen molar-refractivity contribution < 1.29 is 23.5 Å². The van der Waals surface area contributed by atoms with Gasteiger partial charge in [0, 0.05) is 36.7 Å². The Kier molecular flexibility index (Phi) is 6.02. The number of anilines is 1. The van der Waals surface area contributed by atoms with Gasteiger partial charge in [-0.3, -0.25) is 9.59 Å². The number of halogens is 1. The third-order valence-corrected chi connectivity index (χ3v) is 5.46. The molecule has 2 aliphatic rings. The highest BCUT2D eigenvalue weighted by Crippen LogP contribution is 2.32. The number of carbonyl (C=O) groups excluding carboxylic acids is 2. The fraction of sp³-hybridized carbons (Fsp3) is 0.375. The van der Waals surface area contributed by atoms with Gasteiger partial charge in [0.1, 0.15) is 11.6 Å². The van der Waals surface area contributed by atoms with Crippen molar-refractivity contribution in [3.8, 4) is 11.6 Å². The van der Waals surface area contributed by atoms with Gasteiger partial charge in [-0.05, 0) is 50.5 Å². The molecule has 0 spiro atoms. The zero-order valence-corrected chi connectivity index (χ0v) is 17.7. The Balaban J connectivity index is 1.38. The van der Waals surface area contributed by atoms with E-state index >= 15 is 0 Å². The van der Waals surface area contributed by atoms with Crippen LogP contribution in [0.5, 0.6) is 11.6 Å². The molecule has 2 heterocycles. The first-order chi connectivity index (χ1) is 14.9. The van der Waals surface area contributed by atoms with E-state index in [1.165, 1.54) is 22.7 Å². The van der Waals surface area contributed by atoms with Gasteiger partial charge in [0.25, 0.3) is 5.91 Å². The van der Waals surface area contributed by atoms with Crippen LogP contribution in [0.25, 0.3) is 0 Å². The van der Waals surface area contributed by atoms with Gasteiger partial charge in [-0.1, -0.05) is 11.6 Å². The van der Waals surface area contributed by atoms with Crippen LogP contribution in [0.15, 0.2) is 42.1 Å². The Hall–Kier alpha value is -3.22. The van der Waals surface area contributed by atoms with Crippen molar-refractivity contribution >= 4 is 17.4 Å². The van der Waals surface area contributed by atoms with E-state index in [4.69, 9.17) is 9.47 Å². The number of hydrogen-bond donors (Lipinski definition) is 0. The van der Waals surface area contributed by atoms with Crippen LogP contribution in [0.2, 0.25) is 0 Å². The van der Waals surface area contributed by atoms with Gasteiger partial charge in [0.15, 0.2) is 11.9 Å². The van der Waals surface area contributed by atoms with Crippen molar-refractivity contribution in [3.63, 3.8) is 0 Å². The van der Waals surface area contributed by atoms with Gasteiger partial charge >= 0.3 is 0 Å². The number of amides is 1. The van der Waals surface area contributed by atoms with E-state index in [2.05, 4.69) is 11.1 Å². The first-order valence-corrected chi connectivity index (χ1v) is 10.5. The second-order valence-corrected chi connectivity index (χ2v) is 8.01. The molecule has 2 aromatic rings. The number of pyridine rings is 1. The molecule has 7 heteroatoms. The molecule has 1 aromatic carbocycles. The summed E-state index contributed by atoms with van der Waals surface area (Å²) in [6.07, 6.45) is 4.95. The van der Waals surface area contributed by atoms with Crippen LogP contribution in [0.4, 0.5) is 10.1 Å². The molecule has 1 aliphatic heterocycles. The third kappa shape index (κ3) is 4.60. The summed E-state index contributed by atoms with van der Waals surface area (Å²) in [5.41, 5.74) is 2.48. The number of hydrogen-bond acceptors (Lipinski definition) is 5. The highest BCUT2D eigenvalue weighted by molar-refractivity contribution is 6.04. The van der Waals surface area contributed by atoms with Gasteiger partial charge in [0.05, 0.1) is 12.8 Å². The molecule has 1 aromatic heterocycles. The fourth-order valence-corrected chi connectivity index (χ4v) is 3.87. The second kappa shape index (κ2) is 8.88. The first-order valence-electron chi connectivity index (χ1n) is 10.5. The number of ether oxygens (including phenoxy) is 2. The summed E-state index contributed by atoms with van der Waals surface area (Å²) >= 11 is 0. The zero-order chi connectivity index (χ0) is 22.0. The van der Waals surface area contributed by atoms with E-state index in [0.717, 1.165) is 6.42 Å². The summed E-state index contributed by atoms with van der Waals surface area (Å²) < 4.78 is 25.8. The molecule has 0 radical (unpaired) electrons. The monoisotopic (exact) mass is 424 g/mol. The Morgan fingerprint density at radius 2 is 2.10 bits per heavy atom. The molecule has 1 fully saturated rings. The molecular formula is C24H25FN2O4. The Morgan fingerprint density at radius 3 is 2.84 bits per heavy atom. The van der Waals surface area contributed by atoms with Crippen LogP contribution in [0.1, 0.15) is 49.0 Å². The largest absolute Gasteiger partial charge is 0.479 e. The van der Waals surface area contributed by atoms with Gasteiger partial charge in [-0.25, -0.2) is 9.37 Å². The first kappa shape index (κ1) is 21.0. The lowest BCUT2D eigenvalue weighted by molar-refractivity contribution is -0.122. The molecular weight excluding hydrogens is 399 g/mol. The van der Waals surface area contributed by atoms with Crippen LogP contribution in [0, 0.1) is 5.82 Å². The van der Waals surface area contributed by atoms with Crippen molar-refractivity contribution in [1.82, 2.24) is 4.98 Å². The predicted molar refractivity (Wildman–Crippen MR) is 114 cm³/mol. The predicted octanol–water partition coefficient (Wildman–Crippen LogP) is 4.27. The average Bonchev–Trinajstić information content (AvgIpc) is 3.30. The summed E-state index contributed by atoms with van der Waals surface area (Å²) in [5.74, 6) is 0.190. The van der Waals surface area contributed by atoms with Gasteiger partial charge in [-0.15, -0.1) is 0 Å². The van der Waals surface area contributed by atoms with E-state index in [-0.39, 0.29) is 11.7 Å². The summed E-state index contributed by atoms with van der Waals surface area (Å²) in [6, 6.07) is 6.38. The van der Waals surface area contributed by atoms with Crippen LogP contribution in [-0.2, 0) is 11.2 Å². The summed E-state index contributed by atoms with van der Waals surface area (Å²) in [5, 5.41) is 0. The minimum Gasteiger partial charge on any atom is -0.479 e. The molecule has 0 N–H and O–H groups in total.